The van der Waals surface area contributed by atoms with E-state index in [1.807, 2.05) is 12.1 Å². The molecule has 0 spiro atoms. The van der Waals surface area contributed by atoms with Gasteiger partial charge in [-0.15, -0.1) is 0 Å². The van der Waals surface area contributed by atoms with E-state index in [-0.39, 0.29) is 11.5 Å². The van der Waals surface area contributed by atoms with Gasteiger partial charge in [-0.2, -0.15) is 0 Å². The van der Waals surface area contributed by atoms with Crippen LogP contribution in [-0.4, -0.2) is 14.9 Å². The number of pyridine rings is 2. The van der Waals surface area contributed by atoms with Gasteiger partial charge in [-0.3, -0.25) is 10.1 Å². The lowest BCUT2D eigenvalue weighted by atomic mass is 10.4. The number of aromatic nitrogens is 2. The number of nitrogen functional groups attached to an aromatic ring is 1. The highest BCUT2D eigenvalue weighted by molar-refractivity contribution is 9.10. The first-order valence-corrected chi connectivity index (χ1v) is 6.37. The molecule has 0 atom stereocenters. The van der Waals surface area contributed by atoms with Crippen LogP contribution in [0.15, 0.2) is 45.0 Å². The summed E-state index contributed by atoms with van der Waals surface area (Å²) in [6.07, 6.45) is 1.66. The van der Waals surface area contributed by atoms with E-state index >= 15 is 0 Å². The van der Waals surface area contributed by atoms with E-state index < -0.39 is 4.92 Å². The van der Waals surface area contributed by atoms with Gasteiger partial charge in [-0.05, 0) is 34.1 Å². The maximum atomic E-state index is 10.6. The summed E-state index contributed by atoms with van der Waals surface area (Å²) in [5, 5.41) is 11.9. The van der Waals surface area contributed by atoms with Gasteiger partial charge < -0.3 is 5.73 Å². The Balaban J connectivity index is 2.22. The Bertz CT molecular complexity index is 591. The van der Waals surface area contributed by atoms with Gasteiger partial charge in [0.2, 0.25) is 5.82 Å². The zero-order chi connectivity index (χ0) is 13.1. The number of rotatable bonds is 3. The molecule has 0 unspecified atom stereocenters. The SMILES string of the molecule is Nc1nc(Sc2ccc(Br)cn2)ccc1[N+](=O)[O-]. The second kappa shape index (κ2) is 5.32. The Labute approximate surface area is 115 Å². The quantitative estimate of drug-likeness (QED) is 0.688. The van der Waals surface area contributed by atoms with Crippen LogP contribution in [0.2, 0.25) is 0 Å². The summed E-state index contributed by atoms with van der Waals surface area (Å²) in [6, 6.07) is 6.55. The predicted molar refractivity (Wildman–Crippen MR) is 71.4 cm³/mol. The molecular weight excluding hydrogens is 320 g/mol. The molecule has 0 aromatic carbocycles. The summed E-state index contributed by atoms with van der Waals surface area (Å²) in [6.45, 7) is 0. The van der Waals surface area contributed by atoms with E-state index in [9.17, 15) is 10.1 Å². The highest BCUT2D eigenvalue weighted by Gasteiger charge is 2.13. The minimum atomic E-state index is -0.561. The molecule has 0 saturated carbocycles. The molecule has 0 aliphatic heterocycles. The molecule has 18 heavy (non-hydrogen) atoms. The maximum absolute atomic E-state index is 10.6. The molecule has 2 aromatic heterocycles. The molecule has 92 valence electrons. The van der Waals surface area contributed by atoms with Crippen LogP contribution >= 0.6 is 27.7 Å². The topological polar surface area (TPSA) is 94.9 Å². The van der Waals surface area contributed by atoms with Crippen LogP contribution in [0.5, 0.6) is 0 Å². The fraction of sp³-hybridized carbons (Fsp3) is 0. The number of nitrogens with two attached hydrogens (primary N) is 1. The van der Waals surface area contributed by atoms with Crippen LogP contribution in [-0.2, 0) is 0 Å². The average Bonchev–Trinajstić information content (AvgIpc) is 2.32. The van der Waals surface area contributed by atoms with Crippen molar-refractivity contribution in [2.45, 2.75) is 10.1 Å². The molecule has 0 radical (unpaired) electrons. The number of halogens is 1. The molecule has 0 fully saturated rings. The van der Waals surface area contributed by atoms with E-state index in [1.165, 1.54) is 17.8 Å². The maximum Gasteiger partial charge on any atom is 0.311 e. The summed E-state index contributed by atoms with van der Waals surface area (Å²) in [5.74, 6) is -0.0953. The van der Waals surface area contributed by atoms with Crippen molar-refractivity contribution in [1.82, 2.24) is 9.97 Å². The van der Waals surface area contributed by atoms with Crippen molar-refractivity contribution in [3.8, 4) is 0 Å². The Morgan fingerprint density at radius 2 is 2.00 bits per heavy atom. The van der Waals surface area contributed by atoms with Gasteiger partial charge in [0, 0.05) is 16.7 Å². The van der Waals surface area contributed by atoms with Gasteiger partial charge in [-0.1, -0.05) is 11.8 Å². The number of nitro groups is 1. The second-order valence-corrected chi connectivity index (χ2v) is 5.18. The number of anilines is 1. The second-order valence-electron chi connectivity index (χ2n) is 3.23. The molecule has 2 heterocycles. The standard InChI is InChI=1S/C10H7BrN4O2S/c11-6-1-3-8(13-5-6)18-9-4-2-7(15(16)17)10(12)14-9/h1-5H,(H2,12,14). The molecule has 8 heteroatoms. The minimum absolute atomic E-state index is 0.0953. The normalized spacial score (nSPS) is 10.3. The highest BCUT2D eigenvalue weighted by Crippen LogP contribution is 2.28. The average molecular weight is 327 g/mol. The van der Waals surface area contributed by atoms with E-state index in [1.54, 1.807) is 12.3 Å². The Hall–Kier alpha value is -1.67. The predicted octanol–water partition coefficient (Wildman–Crippen LogP) is 2.88. The van der Waals surface area contributed by atoms with Crippen LogP contribution < -0.4 is 5.73 Å². The van der Waals surface area contributed by atoms with Gasteiger partial charge in [0.15, 0.2) is 0 Å². The molecule has 6 nitrogen and oxygen atoms in total. The Morgan fingerprint density at radius 3 is 2.56 bits per heavy atom. The smallest absolute Gasteiger partial charge is 0.311 e. The molecule has 2 aromatic rings. The molecule has 0 aliphatic carbocycles. The van der Waals surface area contributed by atoms with Gasteiger partial charge in [0.05, 0.1) is 4.92 Å². The van der Waals surface area contributed by atoms with Crippen LogP contribution in [0.3, 0.4) is 0 Å². The molecule has 0 amide bonds. The Morgan fingerprint density at radius 1 is 1.28 bits per heavy atom. The van der Waals surface area contributed by atoms with Gasteiger partial charge in [0.1, 0.15) is 10.1 Å². The third-order valence-electron chi connectivity index (χ3n) is 1.98. The summed E-state index contributed by atoms with van der Waals surface area (Å²) >= 11 is 4.57. The summed E-state index contributed by atoms with van der Waals surface area (Å²) in [5.41, 5.74) is 5.31. The van der Waals surface area contributed by atoms with Crippen LogP contribution in [0.1, 0.15) is 0 Å². The largest absolute Gasteiger partial charge is 0.378 e. The zero-order valence-corrected chi connectivity index (χ0v) is 11.3. The van der Waals surface area contributed by atoms with Crippen LogP contribution in [0.4, 0.5) is 11.5 Å². The Kier molecular flexibility index (Phi) is 3.78. The number of hydrogen-bond donors (Lipinski definition) is 1. The van der Waals surface area contributed by atoms with Crippen LogP contribution in [0, 0.1) is 10.1 Å². The molecule has 0 aliphatic rings. The molecule has 0 bridgehead atoms. The zero-order valence-electron chi connectivity index (χ0n) is 8.91. The number of nitrogens with zero attached hydrogens (tertiary/aromatic N) is 3. The van der Waals surface area contributed by atoms with Crippen molar-refractivity contribution in [1.29, 1.82) is 0 Å². The van der Waals surface area contributed by atoms with E-state index in [0.29, 0.717) is 5.03 Å². The number of hydrogen-bond acceptors (Lipinski definition) is 6. The van der Waals surface area contributed by atoms with Crippen molar-refractivity contribution >= 4 is 39.2 Å². The van der Waals surface area contributed by atoms with E-state index in [4.69, 9.17) is 5.73 Å². The lowest BCUT2D eigenvalue weighted by molar-refractivity contribution is -0.384. The summed E-state index contributed by atoms with van der Waals surface area (Å²) in [4.78, 5) is 18.2. The third-order valence-corrected chi connectivity index (χ3v) is 3.34. The third kappa shape index (κ3) is 2.96. The molecular formula is C10H7BrN4O2S. The van der Waals surface area contributed by atoms with E-state index in [2.05, 4.69) is 25.9 Å². The van der Waals surface area contributed by atoms with Crippen molar-refractivity contribution in [3.63, 3.8) is 0 Å². The van der Waals surface area contributed by atoms with Gasteiger partial charge in [0.25, 0.3) is 0 Å². The first kappa shape index (κ1) is 12.8. The summed E-state index contributed by atoms with van der Waals surface area (Å²) < 4.78 is 0.878. The van der Waals surface area contributed by atoms with Gasteiger partial charge in [-0.25, -0.2) is 9.97 Å². The fourth-order valence-electron chi connectivity index (χ4n) is 1.19. The minimum Gasteiger partial charge on any atom is -0.378 e. The van der Waals surface area contributed by atoms with Crippen molar-refractivity contribution in [3.05, 3.63) is 45.0 Å². The van der Waals surface area contributed by atoms with Crippen molar-refractivity contribution in [2.75, 3.05) is 5.73 Å². The summed E-state index contributed by atoms with van der Waals surface area (Å²) in [7, 11) is 0. The first-order chi connectivity index (χ1) is 8.56. The highest BCUT2D eigenvalue weighted by atomic mass is 79.9. The monoisotopic (exact) mass is 326 g/mol. The van der Waals surface area contributed by atoms with Gasteiger partial charge >= 0.3 is 5.69 Å². The lowest BCUT2D eigenvalue weighted by Crippen LogP contribution is -1.98. The van der Waals surface area contributed by atoms with Crippen LogP contribution in [0.25, 0.3) is 0 Å². The lowest BCUT2D eigenvalue weighted by Gasteiger charge is -2.01. The fourth-order valence-corrected chi connectivity index (χ4v) is 2.16. The van der Waals surface area contributed by atoms with Crippen molar-refractivity contribution in [2.24, 2.45) is 0 Å². The molecule has 2 N–H and O–H groups in total. The first-order valence-electron chi connectivity index (χ1n) is 4.76. The van der Waals surface area contributed by atoms with Crippen molar-refractivity contribution < 1.29 is 4.92 Å². The molecule has 2 rings (SSSR count). The van der Waals surface area contributed by atoms with E-state index in [0.717, 1.165) is 9.50 Å². The molecule has 0 saturated heterocycles.